The van der Waals surface area contributed by atoms with Gasteiger partial charge in [-0.2, -0.15) is 0 Å². The van der Waals surface area contributed by atoms with Crippen molar-refractivity contribution >= 4 is 33.8 Å². The van der Waals surface area contributed by atoms with E-state index in [4.69, 9.17) is 0 Å². The molecular weight excluding hydrogens is 414 g/mol. The van der Waals surface area contributed by atoms with Gasteiger partial charge in [0.2, 0.25) is 0 Å². The van der Waals surface area contributed by atoms with E-state index in [9.17, 15) is 14.9 Å². The van der Waals surface area contributed by atoms with Crippen molar-refractivity contribution in [2.75, 3.05) is 45.6 Å². The third kappa shape index (κ3) is 4.89. The lowest BCUT2D eigenvalue weighted by atomic mass is 10.1. The van der Waals surface area contributed by atoms with Gasteiger partial charge in [0.05, 0.1) is 50.9 Å². The molecule has 2 heterocycles. The molecule has 1 amide bonds. The van der Waals surface area contributed by atoms with Gasteiger partial charge in [-0.05, 0) is 18.2 Å². The van der Waals surface area contributed by atoms with Crippen molar-refractivity contribution in [1.29, 1.82) is 0 Å². The summed E-state index contributed by atoms with van der Waals surface area (Å²) in [7, 11) is 4.37. The van der Waals surface area contributed by atoms with E-state index in [1.165, 1.54) is 23.5 Å². The zero-order chi connectivity index (χ0) is 22.0. The zero-order valence-corrected chi connectivity index (χ0v) is 18.3. The Kier molecular flexibility index (Phi) is 5.71. The van der Waals surface area contributed by atoms with Gasteiger partial charge in [0, 0.05) is 34.3 Å². The molecule has 1 saturated heterocycles. The maximum absolute atomic E-state index is 12.9. The lowest BCUT2D eigenvalue weighted by molar-refractivity contribution is -0.894. The number of carbonyl (C=O) groups excluding carboxylic acids is 1. The number of aromatic nitrogens is 1. The van der Waals surface area contributed by atoms with Crippen LogP contribution in [-0.2, 0) is 0 Å². The highest BCUT2D eigenvalue weighted by molar-refractivity contribution is 7.14. The molecule has 9 heteroatoms. The van der Waals surface area contributed by atoms with Crippen molar-refractivity contribution in [3.8, 4) is 11.3 Å². The number of benzene rings is 2. The summed E-state index contributed by atoms with van der Waals surface area (Å²) in [5.41, 5.74) is 2.81. The summed E-state index contributed by atoms with van der Waals surface area (Å²) in [4.78, 5) is 30.0. The molecule has 3 aromatic rings. The largest absolute Gasteiger partial charge is 0.332 e. The molecule has 160 valence electrons. The normalized spacial score (nSPS) is 15.5. The summed E-state index contributed by atoms with van der Waals surface area (Å²) in [5.74, 6) is 0.0415. The molecule has 1 aliphatic rings. The lowest BCUT2D eigenvalue weighted by Gasteiger charge is -2.39. The Hall–Kier alpha value is -3.30. The number of rotatable bonds is 5. The molecule has 0 atom stereocenters. The minimum Gasteiger partial charge on any atom is -0.332 e. The maximum atomic E-state index is 12.9. The summed E-state index contributed by atoms with van der Waals surface area (Å²) in [6.07, 6.45) is 0. The second-order valence-corrected chi connectivity index (χ2v) is 9.08. The number of anilines is 2. The van der Waals surface area contributed by atoms with Crippen LogP contribution < -0.4 is 5.32 Å². The Morgan fingerprint density at radius 2 is 1.90 bits per heavy atom. The first-order valence-electron chi connectivity index (χ1n) is 9.99. The Bertz CT molecular complexity index is 1120. The molecule has 1 fully saturated rings. The maximum Gasteiger partial charge on any atom is 0.270 e. The molecule has 1 aromatic heterocycles. The quantitative estimate of drug-likeness (QED) is 0.370. The molecule has 2 aromatic carbocycles. The molecule has 8 nitrogen and oxygen atoms in total. The predicted molar refractivity (Wildman–Crippen MR) is 122 cm³/mol. The summed E-state index contributed by atoms with van der Waals surface area (Å²) < 4.78 is 0.933. The molecule has 0 bridgehead atoms. The van der Waals surface area contributed by atoms with Gasteiger partial charge in [-0.25, -0.2) is 4.98 Å². The minimum atomic E-state index is -0.417. The Morgan fingerprint density at radius 3 is 2.65 bits per heavy atom. The minimum absolute atomic E-state index is 0.0334. The van der Waals surface area contributed by atoms with Crippen molar-refractivity contribution in [3.05, 3.63) is 69.6 Å². The van der Waals surface area contributed by atoms with Gasteiger partial charge < -0.3 is 14.7 Å². The first kappa shape index (κ1) is 21.0. The molecule has 0 saturated carbocycles. The Labute approximate surface area is 184 Å². The number of nitrogens with one attached hydrogen (secondary N) is 1. The Balaban J connectivity index is 1.47. The average Bonchev–Trinajstić information content (AvgIpc) is 3.22. The van der Waals surface area contributed by atoms with Crippen LogP contribution >= 0.6 is 11.3 Å². The van der Waals surface area contributed by atoms with Crippen LogP contribution in [0.15, 0.2) is 53.9 Å². The van der Waals surface area contributed by atoms with E-state index >= 15 is 0 Å². The monoisotopic (exact) mass is 438 g/mol. The summed E-state index contributed by atoms with van der Waals surface area (Å²) in [6, 6.07) is 13.8. The van der Waals surface area contributed by atoms with Gasteiger partial charge in [0.15, 0.2) is 5.13 Å². The van der Waals surface area contributed by atoms with Gasteiger partial charge in [0.25, 0.3) is 11.6 Å². The molecule has 4 rings (SSSR count). The highest BCUT2D eigenvalue weighted by Gasteiger charge is 2.27. The fourth-order valence-electron chi connectivity index (χ4n) is 3.49. The molecule has 0 unspecified atom stereocenters. The number of likely N-dealkylation sites (N-methyl/N-ethyl adjacent to an activating group) is 1. The van der Waals surface area contributed by atoms with E-state index in [0.717, 1.165) is 36.3 Å². The second kappa shape index (κ2) is 8.44. The van der Waals surface area contributed by atoms with Crippen LogP contribution in [0, 0.1) is 10.1 Å². The molecule has 1 N–H and O–H groups in total. The van der Waals surface area contributed by atoms with Gasteiger partial charge in [-0.1, -0.05) is 18.2 Å². The fraction of sp³-hybridized carbons (Fsp3) is 0.273. The number of piperazine rings is 1. The molecule has 31 heavy (non-hydrogen) atoms. The first-order valence-corrected chi connectivity index (χ1v) is 10.9. The highest BCUT2D eigenvalue weighted by atomic mass is 32.1. The summed E-state index contributed by atoms with van der Waals surface area (Å²) in [5, 5.41) is 16.8. The van der Waals surface area contributed by atoms with E-state index in [-0.39, 0.29) is 11.6 Å². The fourth-order valence-corrected chi connectivity index (χ4v) is 4.23. The van der Waals surface area contributed by atoms with E-state index in [1.807, 2.05) is 34.5 Å². The van der Waals surface area contributed by atoms with Crippen LogP contribution in [0.2, 0.25) is 0 Å². The van der Waals surface area contributed by atoms with Crippen LogP contribution in [0.25, 0.3) is 11.3 Å². The molecule has 0 spiro atoms. The topological polar surface area (TPSA) is 88.4 Å². The molecule has 0 aliphatic carbocycles. The standard InChI is InChI=1S/C22H24N5O3S/c1-27(2)11-9-25(10-12-27)21(28)17-6-3-7-18(13-17)23-22-24-20(15-31-22)16-5-4-8-19(14-16)26(29)30/h3-8,13-15H,9-12H2,1-2H3,(H,23,24)/q+1. The van der Waals surface area contributed by atoms with Crippen LogP contribution in [0.5, 0.6) is 0 Å². The SMILES string of the molecule is C[N+]1(C)CCN(C(=O)c2cccc(Nc3nc(-c4cccc([N+](=O)[O-])c4)cs3)c2)CC1. The van der Waals surface area contributed by atoms with Crippen LogP contribution in [0.1, 0.15) is 10.4 Å². The highest BCUT2D eigenvalue weighted by Crippen LogP contribution is 2.29. The number of nitro benzene ring substituents is 1. The number of nitrogens with zero attached hydrogens (tertiary/aromatic N) is 4. The van der Waals surface area contributed by atoms with Gasteiger partial charge >= 0.3 is 0 Å². The van der Waals surface area contributed by atoms with Gasteiger partial charge in [-0.3, -0.25) is 14.9 Å². The van der Waals surface area contributed by atoms with Crippen LogP contribution in [0.4, 0.5) is 16.5 Å². The van der Waals surface area contributed by atoms with Crippen LogP contribution in [0.3, 0.4) is 0 Å². The second-order valence-electron chi connectivity index (χ2n) is 8.23. The lowest BCUT2D eigenvalue weighted by Crippen LogP contribution is -2.56. The smallest absolute Gasteiger partial charge is 0.270 e. The molecule has 1 aliphatic heterocycles. The van der Waals surface area contributed by atoms with Crippen molar-refractivity contribution in [3.63, 3.8) is 0 Å². The first-order chi connectivity index (χ1) is 14.8. The molecule has 0 radical (unpaired) electrons. The average molecular weight is 439 g/mol. The number of thiazole rings is 1. The van der Waals surface area contributed by atoms with E-state index in [1.54, 1.807) is 12.1 Å². The number of amides is 1. The number of hydrogen-bond donors (Lipinski definition) is 1. The van der Waals surface area contributed by atoms with Crippen molar-refractivity contribution in [2.24, 2.45) is 0 Å². The summed E-state index contributed by atoms with van der Waals surface area (Å²) >= 11 is 1.41. The van der Waals surface area contributed by atoms with Gasteiger partial charge in [-0.15, -0.1) is 11.3 Å². The van der Waals surface area contributed by atoms with Crippen molar-refractivity contribution in [1.82, 2.24) is 9.88 Å². The van der Waals surface area contributed by atoms with Crippen molar-refractivity contribution in [2.45, 2.75) is 0 Å². The number of carbonyl (C=O) groups is 1. The molecular formula is C22H24N5O3S+. The summed E-state index contributed by atoms with van der Waals surface area (Å²) in [6.45, 7) is 3.40. The number of hydrogen-bond acceptors (Lipinski definition) is 6. The van der Waals surface area contributed by atoms with Crippen LogP contribution in [-0.4, -0.2) is 65.5 Å². The predicted octanol–water partition coefficient (Wildman–Crippen LogP) is 3.99. The number of nitro groups is 1. The number of quaternary nitrogens is 1. The third-order valence-electron chi connectivity index (χ3n) is 5.46. The van der Waals surface area contributed by atoms with Crippen molar-refractivity contribution < 1.29 is 14.2 Å². The number of non-ortho nitro benzene ring substituents is 1. The van der Waals surface area contributed by atoms with E-state index < -0.39 is 4.92 Å². The third-order valence-corrected chi connectivity index (χ3v) is 6.21. The van der Waals surface area contributed by atoms with E-state index in [0.29, 0.717) is 22.0 Å². The zero-order valence-electron chi connectivity index (χ0n) is 17.4. The Morgan fingerprint density at radius 1 is 1.16 bits per heavy atom. The van der Waals surface area contributed by atoms with E-state index in [2.05, 4.69) is 24.4 Å². The van der Waals surface area contributed by atoms with Gasteiger partial charge in [0.1, 0.15) is 0 Å².